The van der Waals surface area contributed by atoms with Crippen LogP contribution in [0.15, 0.2) is 31.4 Å². The van der Waals surface area contributed by atoms with Crippen LogP contribution in [0.3, 0.4) is 0 Å². The predicted octanol–water partition coefficient (Wildman–Crippen LogP) is 0.101. The fourth-order valence-electron chi connectivity index (χ4n) is 1.30. The summed E-state index contributed by atoms with van der Waals surface area (Å²) in [5.41, 5.74) is 2.88. The van der Waals surface area contributed by atoms with Crippen LogP contribution in [0.1, 0.15) is 0 Å². The number of fused-ring (bicyclic) bond motifs is 2. The summed E-state index contributed by atoms with van der Waals surface area (Å²) >= 11 is 0. The summed E-state index contributed by atoms with van der Waals surface area (Å²) in [5, 5.41) is 9.92. The zero-order valence-corrected chi connectivity index (χ0v) is 9.02. The zero-order chi connectivity index (χ0) is 12.2. The highest BCUT2D eigenvalue weighted by molar-refractivity contribution is 5.67. The summed E-state index contributed by atoms with van der Waals surface area (Å²) in [7, 11) is 0. The lowest BCUT2D eigenvalue weighted by Gasteiger charge is -1.80. The standard InChI is InChI=1S/C5H4N4.C4H3N5/c1-4-5(8-2-6-1)9-3-7-4;1-3-4(6-2-5-1)8-9-7-3/h1-3H,(H,6,7,8,9);1-2H,(H,5,6,7,8,9). The predicted molar refractivity (Wildman–Crippen MR) is 61.2 cm³/mol. The van der Waals surface area contributed by atoms with Gasteiger partial charge in [0, 0.05) is 0 Å². The minimum absolute atomic E-state index is 0.602. The molecule has 4 aromatic heterocycles. The van der Waals surface area contributed by atoms with Crippen LogP contribution in [0.2, 0.25) is 0 Å². The number of imidazole rings is 1. The normalized spacial score (nSPS) is 10.2. The van der Waals surface area contributed by atoms with Crippen LogP contribution in [0.5, 0.6) is 0 Å². The maximum atomic E-state index is 3.91. The minimum atomic E-state index is 0.602. The monoisotopic (exact) mass is 241 g/mol. The van der Waals surface area contributed by atoms with Gasteiger partial charge in [0.25, 0.3) is 0 Å². The van der Waals surface area contributed by atoms with E-state index in [0.717, 1.165) is 5.52 Å². The van der Waals surface area contributed by atoms with Gasteiger partial charge in [0.1, 0.15) is 23.7 Å². The molecule has 0 bridgehead atoms. The molecule has 4 aromatic rings. The SMILES string of the molecule is c1ncc2[nH]cnc2n1.c1ncc2n[nH]nc2n1. The summed E-state index contributed by atoms with van der Waals surface area (Å²) in [6.07, 6.45) is 7.80. The molecule has 0 unspecified atom stereocenters. The smallest absolute Gasteiger partial charge is 0.204 e. The van der Waals surface area contributed by atoms with E-state index in [9.17, 15) is 0 Å². The highest BCUT2D eigenvalue weighted by atomic mass is 15.3. The molecule has 0 fully saturated rings. The molecule has 0 aliphatic carbocycles. The van der Waals surface area contributed by atoms with Crippen molar-refractivity contribution in [3.05, 3.63) is 31.4 Å². The Morgan fingerprint density at radius 3 is 2.50 bits per heavy atom. The Morgan fingerprint density at radius 1 is 0.833 bits per heavy atom. The van der Waals surface area contributed by atoms with Crippen LogP contribution in [-0.2, 0) is 0 Å². The average Bonchev–Trinajstić information content (AvgIpc) is 3.08. The van der Waals surface area contributed by atoms with Gasteiger partial charge in [-0.2, -0.15) is 10.3 Å². The molecule has 0 amide bonds. The third kappa shape index (κ3) is 1.96. The number of hydrogen-bond donors (Lipinski definition) is 2. The van der Waals surface area contributed by atoms with E-state index < -0.39 is 0 Å². The lowest BCUT2D eigenvalue weighted by molar-refractivity contribution is 0.954. The number of aromatic amines is 2. The second kappa shape index (κ2) is 4.49. The van der Waals surface area contributed by atoms with E-state index in [1.54, 1.807) is 18.7 Å². The molecule has 0 atom stereocenters. The number of H-pyrrole nitrogens is 2. The fourth-order valence-corrected chi connectivity index (χ4v) is 1.30. The number of hydrogen-bond acceptors (Lipinski definition) is 7. The second-order valence-corrected chi connectivity index (χ2v) is 3.22. The first-order valence-electron chi connectivity index (χ1n) is 4.99. The number of nitrogens with one attached hydrogen (secondary N) is 2. The van der Waals surface area contributed by atoms with E-state index in [4.69, 9.17) is 0 Å². The highest BCUT2D eigenvalue weighted by Gasteiger charge is 1.93. The van der Waals surface area contributed by atoms with Gasteiger partial charge in [-0.15, -0.1) is 5.10 Å². The highest BCUT2D eigenvalue weighted by Crippen LogP contribution is 1.99. The lowest BCUT2D eigenvalue weighted by Crippen LogP contribution is -1.76. The molecule has 88 valence electrons. The van der Waals surface area contributed by atoms with E-state index in [1.165, 1.54) is 12.7 Å². The maximum Gasteiger partial charge on any atom is 0.204 e. The van der Waals surface area contributed by atoms with Gasteiger partial charge >= 0.3 is 0 Å². The average molecular weight is 241 g/mol. The molecule has 18 heavy (non-hydrogen) atoms. The third-order valence-corrected chi connectivity index (χ3v) is 2.10. The molecule has 0 spiro atoms. The number of aromatic nitrogens is 9. The summed E-state index contributed by atoms with van der Waals surface area (Å²) in [4.78, 5) is 22.1. The molecule has 0 radical (unpaired) electrons. The molecule has 4 rings (SSSR count). The first-order valence-corrected chi connectivity index (χ1v) is 4.99. The molecule has 0 aliphatic rings. The Hall–Kier alpha value is -2.97. The quantitative estimate of drug-likeness (QED) is 0.447. The molecule has 9 heteroatoms. The third-order valence-electron chi connectivity index (χ3n) is 2.10. The van der Waals surface area contributed by atoms with Crippen molar-refractivity contribution >= 4 is 22.3 Å². The van der Waals surface area contributed by atoms with Gasteiger partial charge in [0.2, 0.25) is 5.65 Å². The van der Waals surface area contributed by atoms with Gasteiger partial charge < -0.3 is 4.98 Å². The van der Waals surface area contributed by atoms with Gasteiger partial charge in [-0.05, 0) is 0 Å². The molecule has 0 saturated carbocycles. The Bertz CT molecular complexity index is 632. The molecule has 0 saturated heterocycles. The van der Waals surface area contributed by atoms with Crippen molar-refractivity contribution in [2.45, 2.75) is 0 Å². The van der Waals surface area contributed by atoms with Crippen molar-refractivity contribution in [3.63, 3.8) is 0 Å². The Morgan fingerprint density at radius 2 is 1.67 bits per heavy atom. The van der Waals surface area contributed by atoms with Crippen LogP contribution in [0.4, 0.5) is 0 Å². The largest absolute Gasteiger partial charge is 0.342 e. The molecule has 0 aliphatic heterocycles. The molecule has 2 N–H and O–H groups in total. The van der Waals surface area contributed by atoms with Gasteiger partial charge in [-0.1, -0.05) is 0 Å². The van der Waals surface area contributed by atoms with Gasteiger partial charge in [-0.3, -0.25) is 0 Å². The van der Waals surface area contributed by atoms with Crippen LogP contribution < -0.4 is 0 Å². The van der Waals surface area contributed by atoms with Crippen molar-refractivity contribution in [1.29, 1.82) is 0 Å². The van der Waals surface area contributed by atoms with E-state index in [0.29, 0.717) is 16.8 Å². The topological polar surface area (TPSA) is 122 Å². The van der Waals surface area contributed by atoms with Crippen LogP contribution in [0.25, 0.3) is 22.3 Å². The molecule has 4 heterocycles. The lowest BCUT2D eigenvalue weighted by atomic mass is 10.6. The van der Waals surface area contributed by atoms with E-state index in [-0.39, 0.29) is 0 Å². The fraction of sp³-hybridized carbons (Fsp3) is 0. The number of nitrogens with zero attached hydrogens (tertiary/aromatic N) is 7. The molecular weight excluding hydrogens is 234 g/mol. The van der Waals surface area contributed by atoms with Crippen LogP contribution in [0, 0.1) is 0 Å². The second-order valence-electron chi connectivity index (χ2n) is 3.22. The van der Waals surface area contributed by atoms with Gasteiger partial charge in [0.15, 0.2) is 5.65 Å². The van der Waals surface area contributed by atoms with Crippen molar-refractivity contribution in [1.82, 2.24) is 45.3 Å². The molecule has 0 aromatic carbocycles. The Kier molecular flexibility index (Phi) is 2.55. The first-order chi connectivity index (χ1) is 8.93. The van der Waals surface area contributed by atoms with E-state index in [1.807, 2.05) is 0 Å². The van der Waals surface area contributed by atoms with Crippen LogP contribution in [-0.4, -0.2) is 45.3 Å². The van der Waals surface area contributed by atoms with Crippen molar-refractivity contribution < 1.29 is 0 Å². The summed E-state index contributed by atoms with van der Waals surface area (Å²) < 4.78 is 0. The van der Waals surface area contributed by atoms with Gasteiger partial charge in [-0.25, -0.2) is 24.9 Å². The van der Waals surface area contributed by atoms with Crippen molar-refractivity contribution in [3.8, 4) is 0 Å². The zero-order valence-electron chi connectivity index (χ0n) is 9.02. The van der Waals surface area contributed by atoms with Crippen LogP contribution >= 0.6 is 0 Å². The maximum absolute atomic E-state index is 3.91. The first kappa shape index (κ1) is 10.2. The number of rotatable bonds is 0. The van der Waals surface area contributed by atoms with Crippen molar-refractivity contribution in [2.24, 2.45) is 0 Å². The molecule has 9 nitrogen and oxygen atoms in total. The van der Waals surface area contributed by atoms with E-state index in [2.05, 4.69) is 45.3 Å². The summed E-state index contributed by atoms with van der Waals surface area (Å²) in [5.74, 6) is 0. The van der Waals surface area contributed by atoms with Gasteiger partial charge in [0.05, 0.1) is 18.7 Å². The summed E-state index contributed by atoms with van der Waals surface area (Å²) in [6, 6.07) is 0. The molecular formula is C9H7N9. The Balaban J connectivity index is 0.000000111. The van der Waals surface area contributed by atoms with E-state index >= 15 is 0 Å². The Labute approximate surface area is 99.8 Å². The minimum Gasteiger partial charge on any atom is -0.342 e. The van der Waals surface area contributed by atoms with Crippen molar-refractivity contribution in [2.75, 3.05) is 0 Å². The summed E-state index contributed by atoms with van der Waals surface area (Å²) in [6.45, 7) is 0.